The number of hydrogen-bond donors (Lipinski definition) is 1. The van der Waals surface area contributed by atoms with Gasteiger partial charge in [-0.1, -0.05) is 28.9 Å². The Hall–Kier alpha value is -1.55. The van der Waals surface area contributed by atoms with Crippen LogP contribution >= 0.6 is 11.6 Å². The number of para-hydroxylation sites is 1. The monoisotopic (exact) mass is 223 g/mol. The van der Waals surface area contributed by atoms with Crippen molar-refractivity contribution in [3.8, 4) is 0 Å². The number of hydrazone groups is 1. The van der Waals surface area contributed by atoms with Crippen molar-refractivity contribution in [3.63, 3.8) is 0 Å². The van der Waals surface area contributed by atoms with Gasteiger partial charge in [-0.25, -0.2) is 0 Å². The van der Waals surface area contributed by atoms with Crippen molar-refractivity contribution in [1.29, 1.82) is 0 Å². The van der Waals surface area contributed by atoms with Crippen molar-refractivity contribution in [2.24, 2.45) is 10.3 Å². The molecule has 2 rings (SSSR count). The summed E-state index contributed by atoms with van der Waals surface area (Å²) in [4.78, 5) is 4.87. The van der Waals surface area contributed by atoms with Gasteiger partial charge in [-0.05, 0) is 19.1 Å². The first-order valence-corrected chi connectivity index (χ1v) is 4.89. The molecule has 78 valence electrons. The third kappa shape index (κ3) is 2.27. The standard InChI is InChI=1S/C10H10ClN3O/c1-7-10(6-15-14-7)13-12-9-5-3-2-4-8(9)11/h2-5,12H,6H2,1H3. The third-order valence-electron chi connectivity index (χ3n) is 2.01. The van der Waals surface area contributed by atoms with Gasteiger partial charge in [0.1, 0.15) is 11.4 Å². The second-order valence-corrected chi connectivity index (χ2v) is 3.51. The van der Waals surface area contributed by atoms with Crippen LogP contribution in [0.25, 0.3) is 0 Å². The first-order valence-electron chi connectivity index (χ1n) is 4.51. The molecule has 0 aromatic heterocycles. The Morgan fingerprint density at radius 1 is 1.47 bits per heavy atom. The molecule has 0 atom stereocenters. The number of benzene rings is 1. The fraction of sp³-hybridized carbons (Fsp3) is 0.200. The summed E-state index contributed by atoms with van der Waals surface area (Å²) in [6.07, 6.45) is 0. The predicted octanol–water partition coefficient (Wildman–Crippen LogP) is 2.51. The average molecular weight is 224 g/mol. The highest BCUT2D eigenvalue weighted by atomic mass is 35.5. The molecule has 1 heterocycles. The van der Waals surface area contributed by atoms with E-state index in [9.17, 15) is 0 Å². The van der Waals surface area contributed by atoms with Crippen molar-refractivity contribution < 1.29 is 4.84 Å². The summed E-state index contributed by atoms with van der Waals surface area (Å²) in [6.45, 7) is 2.25. The van der Waals surface area contributed by atoms with E-state index in [1.54, 1.807) is 6.07 Å². The van der Waals surface area contributed by atoms with E-state index in [-0.39, 0.29) is 0 Å². The Labute approximate surface area is 92.6 Å². The number of nitrogens with zero attached hydrogens (tertiary/aromatic N) is 2. The average Bonchev–Trinajstić information content (AvgIpc) is 2.63. The molecule has 0 radical (unpaired) electrons. The third-order valence-corrected chi connectivity index (χ3v) is 2.34. The zero-order valence-electron chi connectivity index (χ0n) is 8.20. The van der Waals surface area contributed by atoms with Gasteiger partial charge >= 0.3 is 0 Å². The van der Waals surface area contributed by atoms with E-state index >= 15 is 0 Å². The minimum atomic E-state index is 0.406. The summed E-state index contributed by atoms with van der Waals surface area (Å²) in [6, 6.07) is 7.41. The molecule has 0 fully saturated rings. The first kappa shape index (κ1) is 9.98. The lowest BCUT2D eigenvalue weighted by Crippen LogP contribution is -2.11. The fourth-order valence-corrected chi connectivity index (χ4v) is 1.32. The van der Waals surface area contributed by atoms with Gasteiger partial charge in [0, 0.05) is 0 Å². The van der Waals surface area contributed by atoms with Crippen molar-refractivity contribution in [2.75, 3.05) is 12.0 Å². The molecule has 1 N–H and O–H groups in total. The van der Waals surface area contributed by atoms with Crippen LogP contribution < -0.4 is 5.43 Å². The molecule has 4 nitrogen and oxygen atoms in total. The molecule has 0 aliphatic carbocycles. The molecule has 1 aromatic carbocycles. The van der Waals surface area contributed by atoms with E-state index in [0.29, 0.717) is 11.6 Å². The van der Waals surface area contributed by atoms with Crippen LogP contribution in [0.15, 0.2) is 34.5 Å². The molecular formula is C10H10ClN3O. The summed E-state index contributed by atoms with van der Waals surface area (Å²) in [7, 11) is 0. The van der Waals surface area contributed by atoms with E-state index in [0.717, 1.165) is 17.1 Å². The van der Waals surface area contributed by atoms with Crippen LogP contribution in [-0.4, -0.2) is 18.0 Å². The van der Waals surface area contributed by atoms with Gasteiger partial charge in [-0.15, -0.1) is 0 Å². The van der Waals surface area contributed by atoms with Crippen LogP contribution in [0.3, 0.4) is 0 Å². The highest BCUT2D eigenvalue weighted by Gasteiger charge is 2.12. The SMILES string of the molecule is CC1=NOCC1=NNc1ccccc1Cl. The molecule has 0 bridgehead atoms. The van der Waals surface area contributed by atoms with E-state index in [1.807, 2.05) is 25.1 Å². The molecule has 1 aromatic rings. The van der Waals surface area contributed by atoms with Crippen LogP contribution in [0.4, 0.5) is 5.69 Å². The Morgan fingerprint density at radius 3 is 2.93 bits per heavy atom. The predicted molar refractivity (Wildman–Crippen MR) is 61.6 cm³/mol. The molecule has 5 heteroatoms. The maximum Gasteiger partial charge on any atom is 0.162 e. The summed E-state index contributed by atoms with van der Waals surface area (Å²) in [5.74, 6) is 0. The molecule has 0 saturated carbocycles. The maximum atomic E-state index is 5.95. The van der Waals surface area contributed by atoms with Crippen LogP contribution in [0.5, 0.6) is 0 Å². The van der Waals surface area contributed by atoms with Crippen LogP contribution in [0.2, 0.25) is 5.02 Å². The summed E-state index contributed by atoms with van der Waals surface area (Å²) in [5, 5.41) is 8.56. The van der Waals surface area contributed by atoms with Crippen molar-refractivity contribution in [2.45, 2.75) is 6.92 Å². The lowest BCUT2D eigenvalue weighted by atomic mass is 10.3. The van der Waals surface area contributed by atoms with Gasteiger partial charge in [-0.3, -0.25) is 5.43 Å². The van der Waals surface area contributed by atoms with Crippen LogP contribution in [0, 0.1) is 0 Å². The second-order valence-electron chi connectivity index (χ2n) is 3.10. The quantitative estimate of drug-likeness (QED) is 0.783. The van der Waals surface area contributed by atoms with E-state index in [2.05, 4.69) is 15.7 Å². The Morgan fingerprint density at radius 2 is 2.27 bits per heavy atom. The molecule has 15 heavy (non-hydrogen) atoms. The van der Waals surface area contributed by atoms with Gasteiger partial charge < -0.3 is 4.84 Å². The van der Waals surface area contributed by atoms with Crippen LogP contribution in [0.1, 0.15) is 6.92 Å². The van der Waals surface area contributed by atoms with Crippen LogP contribution in [-0.2, 0) is 4.84 Å². The summed E-state index contributed by atoms with van der Waals surface area (Å²) < 4.78 is 0. The van der Waals surface area contributed by atoms with Crippen molar-refractivity contribution >= 4 is 28.7 Å². The van der Waals surface area contributed by atoms with Crippen molar-refractivity contribution in [1.82, 2.24) is 0 Å². The molecule has 0 spiro atoms. The molecule has 0 unspecified atom stereocenters. The number of nitrogens with one attached hydrogen (secondary N) is 1. The zero-order valence-corrected chi connectivity index (χ0v) is 8.95. The minimum absolute atomic E-state index is 0.406. The summed E-state index contributed by atoms with van der Waals surface area (Å²) in [5.41, 5.74) is 5.22. The van der Waals surface area contributed by atoms with Crippen molar-refractivity contribution in [3.05, 3.63) is 29.3 Å². The summed E-state index contributed by atoms with van der Waals surface area (Å²) >= 11 is 5.95. The number of hydrogen-bond acceptors (Lipinski definition) is 4. The van der Waals surface area contributed by atoms with Gasteiger partial charge in [-0.2, -0.15) is 5.10 Å². The van der Waals surface area contributed by atoms with E-state index in [4.69, 9.17) is 16.4 Å². The van der Waals surface area contributed by atoms with Gasteiger partial charge in [0.05, 0.1) is 10.7 Å². The number of halogens is 1. The van der Waals surface area contributed by atoms with Gasteiger partial charge in [0.15, 0.2) is 6.61 Å². The second kappa shape index (κ2) is 4.31. The minimum Gasteiger partial charge on any atom is -0.389 e. The molecule has 1 aliphatic heterocycles. The molecule has 1 aliphatic rings. The highest BCUT2D eigenvalue weighted by Crippen LogP contribution is 2.20. The van der Waals surface area contributed by atoms with Gasteiger partial charge in [0.25, 0.3) is 0 Å². The lowest BCUT2D eigenvalue weighted by Gasteiger charge is -2.02. The smallest absolute Gasteiger partial charge is 0.162 e. The van der Waals surface area contributed by atoms with E-state index in [1.165, 1.54) is 0 Å². The lowest BCUT2D eigenvalue weighted by molar-refractivity contribution is 0.197. The topological polar surface area (TPSA) is 46.0 Å². The zero-order chi connectivity index (χ0) is 10.7. The highest BCUT2D eigenvalue weighted by molar-refractivity contribution is 6.43. The fourth-order valence-electron chi connectivity index (χ4n) is 1.14. The maximum absolute atomic E-state index is 5.95. The largest absolute Gasteiger partial charge is 0.389 e. The molecule has 0 saturated heterocycles. The first-order chi connectivity index (χ1) is 7.27. The number of anilines is 1. The Balaban J connectivity index is 2.11. The number of rotatable bonds is 2. The Bertz CT molecular complexity index is 428. The molecular weight excluding hydrogens is 214 g/mol. The normalized spacial score (nSPS) is 17.5. The number of oxime groups is 1. The molecule has 0 amide bonds. The Kier molecular flexibility index (Phi) is 2.87. The van der Waals surface area contributed by atoms with E-state index < -0.39 is 0 Å². The van der Waals surface area contributed by atoms with Gasteiger partial charge in [0.2, 0.25) is 0 Å².